The highest BCUT2D eigenvalue weighted by molar-refractivity contribution is 6.27. The Bertz CT molecular complexity index is 812. The minimum atomic E-state index is -0.321. The van der Waals surface area contributed by atoms with Gasteiger partial charge in [-0.2, -0.15) is 0 Å². The molecule has 1 aliphatic heterocycles. The molecule has 0 spiro atoms. The molecule has 0 aromatic heterocycles. The Morgan fingerprint density at radius 2 is 1.74 bits per heavy atom. The fourth-order valence-electron chi connectivity index (χ4n) is 3.20. The summed E-state index contributed by atoms with van der Waals surface area (Å²) in [5.74, 6) is -0.636. The molecule has 2 aromatic carbocycles. The maximum Gasteiger partial charge on any atom is 0.258 e. The summed E-state index contributed by atoms with van der Waals surface area (Å²) in [6.45, 7) is 3.67. The quantitative estimate of drug-likeness (QED) is 0.880. The largest absolute Gasteiger partial charge is 0.374 e. The second-order valence-corrected chi connectivity index (χ2v) is 6.20. The predicted molar refractivity (Wildman–Crippen MR) is 92.1 cm³/mol. The van der Waals surface area contributed by atoms with Gasteiger partial charge in [0.05, 0.1) is 0 Å². The Hall–Kier alpha value is -2.40. The van der Waals surface area contributed by atoms with Gasteiger partial charge < -0.3 is 9.80 Å². The van der Waals surface area contributed by atoms with Gasteiger partial charge in [-0.1, -0.05) is 12.1 Å². The molecular formula is C18H21N3O2. The third-order valence-electron chi connectivity index (χ3n) is 4.27. The number of rotatable bonds is 4. The average molecular weight is 311 g/mol. The van der Waals surface area contributed by atoms with Gasteiger partial charge in [-0.15, -0.1) is 0 Å². The molecule has 5 nitrogen and oxygen atoms in total. The molecule has 0 saturated carbocycles. The second-order valence-electron chi connectivity index (χ2n) is 6.20. The zero-order valence-corrected chi connectivity index (χ0v) is 13.9. The van der Waals surface area contributed by atoms with Crippen LogP contribution in [0.4, 0.5) is 5.69 Å². The second kappa shape index (κ2) is 5.66. The van der Waals surface area contributed by atoms with Crippen molar-refractivity contribution in [2.45, 2.75) is 13.5 Å². The van der Waals surface area contributed by atoms with E-state index >= 15 is 0 Å². The molecule has 23 heavy (non-hydrogen) atoms. The van der Waals surface area contributed by atoms with Gasteiger partial charge in [-0.25, -0.2) is 0 Å². The number of imide groups is 1. The Morgan fingerprint density at radius 1 is 1.04 bits per heavy atom. The van der Waals surface area contributed by atoms with E-state index in [1.807, 2.05) is 39.3 Å². The maximum atomic E-state index is 12.3. The third kappa shape index (κ3) is 2.47. The van der Waals surface area contributed by atoms with Crippen LogP contribution < -0.4 is 10.2 Å². The van der Waals surface area contributed by atoms with Crippen LogP contribution in [0.3, 0.4) is 0 Å². The monoisotopic (exact) mass is 311 g/mol. The lowest BCUT2D eigenvalue weighted by Crippen LogP contribution is -2.35. The highest BCUT2D eigenvalue weighted by Crippen LogP contribution is 2.37. The van der Waals surface area contributed by atoms with E-state index in [0.717, 1.165) is 35.1 Å². The summed E-state index contributed by atoms with van der Waals surface area (Å²) in [4.78, 5) is 28.7. The SMILES string of the molecule is CCN(C)c1c(CN(C)C)cc2c3c(cccc13)C(=O)NC2=O. The Kier molecular flexibility index (Phi) is 3.82. The number of hydrogen-bond acceptors (Lipinski definition) is 4. The van der Waals surface area contributed by atoms with E-state index in [2.05, 4.69) is 22.0 Å². The van der Waals surface area contributed by atoms with Gasteiger partial charge >= 0.3 is 0 Å². The summed E-state index contributed by atoms with van der Waals surface area (Å²) in [5.41, 5.74) is 3.33. The molecule has 0 aliphatic carbocycles. The van der Waals surface area contributed by atoms with Crippen LogP contribution in [0.25, 0.3) is 10.8 Å². The highest BCUT2D eigenvalue weighted by atomic mass is 16.2. The van der Waals surface area contributed by atoms with Gasteiger partial charge in [0.1, 0.15) is 0 Å². The Balaban J connectivity index is 2.41. The number of nitrogens with zero attached hydrogens (tertiary/aromatic N) is 2. The van der Waals surface area contributed by atoms with Crippen molar-refractivity contribution in [3.63, 3.8) is 0 Å². The minimum Gasteiger partial charge on any atom is -0.374 e. The number of carbonyl (C=O) groups excluding carboxylic acids is 2. The average Bonchev–Trinajstić information content (AvgIpc) is 2.50. The van der Waals surface area contributed by atoms with Crippen molar-refractivity contribution in [2.75, 3.05) is 32.6 Å². The van der Waals surface area contributed by atoms with Crippen LogP contribution in [0.2, 0.25) is 0 Å². The summed E-state index contributed by atoms with van der Waals surface area (Å²) in [7, 11) is 6.05. The number of carbonyl (C=O) groups is 2. The van der Waals surface area contributed by atoms with Gasteiger partial charge in [0.2, 0.25) is 0 Å². The number of hydrogen-bond donors (Lipinski definition) is 1. The summed E-state index contributed by atoms with van der Waals surface area (Å²) in [5, 5.41) is 4.16. The van der Waals surface area contributed by atoms with Gasteiger partial charge in [0.15, 0.2) is 0 Å². The van der Waals surface area contributed by atoms with Crippen molar-refractivity contribution in [1.29, 1.82) is 0 Å². The van der Waals surface area contributed by atoms with Crippen LogP contribution in [0, 0.1) is 0 Å². The van der Waals surface area contributed by atoms with E-state index in [1.54, 1.807) is 6.07 Å². The van der Waals surface area contributed by atoms with Crippen LogP contribution in [-0.4, -0.2) is 44.4 Å². The van der Waals surface area contributed by atoms with Gasteiger partial charge in [-0.3, -0.25) is 14.9 Å². The summed E-state index contributed by atoms with van der Waals surface area (Å²) in [6.07, 6.45) is 0. The van der Waals surface area contributed by atoms with E-state index < -0.39 is 0 Å². The number of benzene rings is 2. The van der Waals surface area contributed by atoms with Crippen LogP contribution in [0.1, 0.15) is 33.2 Å². The smallest absolute Gasteiger partial charge is 0.258 e. The van der Waals surface area contributed by atoms with E-state index in [0.29, 0.717) is 11.1 Å². The van der Waals surface area contributed by atoms with Crippen LogP contribution >= 0.6 is 0 Å². The van der Waals surface area contributed by atoms with Crippen LogP contribution in [-0.2, 0) is 6.54 Å². The molecule has 2 amide bonds. The number of amides is 2. The lowest BCUT2D eigenvalue weighted by Gasteiger charge is -2.27. The molecule has 0 radical (unpaired) electrons. The summed E-state index contributed by atoms with van der Waals surface area (Å²) >= 11 is 0. The third-order valence-corrected chi connectivity index (χ3v) is 4.27. The van der Waals surface area contributed by atoms with E-state index in [-0.39, 0.29) is 11.8 Å². The van der Waals surface area contributed by atoms with Crippen molar-refractivity contribution < 1.29 is 9.59 Å². The molecule has 1 heterocycles. The first-order valence-electron chi connectivity index (χ1n) is 7.74. The molecule has 0 bridgehead atoms. The van der Waals surface area contributed by atoms with Crippen molar-refractivity contribution in [3.8, 4) is 0 Å². The zero-order valence-electron chi connectivity index (χ0n) is 13.9. The molecule has 2 aromatic rings. The molecule has 0 unspecified atom stereocenters. The molecule has 120 valence electrons. The van der Waals surface area contributed by atoms with Crippen LogP contribution in [0.15, 0.2) is 24.3 Å². The van der Waals surface area contributed by atoms with Gasteiger partial charge in [-0.05, 0) is 38.7 Å². The van der Waals surface area contributed by atoms with Gasteiger partial charge in [0.25, 0.3) is 11.8 Å². The summed E-state index contributed by atoms with van der Waals surface area (Å²) < 4.78 is 0. The first-order valence-corrected chi connectivity index (χ1v) is 7.74. The fourth-order valence-corrected chi connectivity index (χ4v) is 3.20. The lowest BCUT2D eigenvalue weighted by molar-refractivity contribution is 0.0845. The molecule has 5 heteroatoms. The first-order chi connectivity index (χ1) is 10.9. The molecule has 3 rings (SSSR count). The van der Waals surface area contributed by atoms with Crippen molar-refractivity contribution in [1.82, 2.24) is 10.2 Å². The normalized spacial score (nSPS) is 13.6. The molecule has 0 saturated heterocycles. The van der Waals surface area contributed by atoms with E-state index in [4.69, 9.17) is 0 Å². The van der Waals surface area contributed by atoms with Crippen molar-refractivity contribution in [2.24, 2.45) is 0 Å². The highest BCUT2D eigenvalue weighted by Gasteiger charge is 2.28. The van der Waals surface area contributed by atoms with Crippen LogP contribution in [0.5, 0.6) is 0 Å². The fraction of sp³-hybridized carbons (Fsp3) is 0.333. The molecule has 1 N–H and O–H groups in total. The molecular weight excluding hydrogens is 290 g/mol. The summed E-state index contributed by atoms with van der Waals surface area (Å²) in [6, 6.07) is 7.57. The zero-order chi connectivity index (χ0) is 16.7. The molecule has 0 atom stereocenters. The lowest BCUT2D eigenvalue weighted by atomic mass is 9.91. The topological polar surface area (TPSA) is 52.6 Å². The Labute approximate surface area is 135 Å². The van der Waals surface area contributed by atoms with E-state index in [1.165, 1.54) is 0 Å². The Morgan fingerprint density at radius 3 is 2.39 bits per heavy atom. The minimum absolute atomic E-state index is 0.315. The standard InChI is InChI=1S/C18H21N3O2/c1-5-21(4)16-11(10-20(2)3)9-14-15-12(16)7-6-8-13(15)17(22)19-18(14)23/h6-9H,5,10H2,1-4H3,(H,19,22,23). The maximum absolute atomic E-state index is 12.3. The van der Waals surface area contributed by atoms with Gasteiger partial charge in [0, 0.05) is 47.7 Å². The first kappa shape index (κ1) is 15.5. The number of anilines is 1. The van der Waals surface area contributed by atoms with E-state index in [9.17, 15) is 9.59 Å². The number of nitrogens with one attached hydrogen (secondary N) is 1. The molecule has 1 aliphatic rings. The van der Waals surface area contributed by atoms with Crippen molar-refractivity contribution >= 4 is 28.3 Å². The predicted octanol–water partition coefficient (Wildman–Crippen LogP) is 2.24. The van der Waals surface area contributed by atoms with Crippen molar-refractivity contribution in [3.05, 3.63) is 41.0 Å². The molecule has 0 fully saturated rings.